The van der Waals surface area contributed by atoms with Crippen molar-refractivity contribution in [3.05, 3.63) is 58.2 Å². The summed E-state index contributed by atoms with van der Waals surface area (Å²) in [7, 11) is 0. The van der Waals surface area contributed by atoms with Crippen LogP contribution in [0.4, 0.5) is 5.69 Å². The number of piperidine rings is 1. The SMILES string of the molecule is O=C(Nc1ccccc1)C1CCCN(C(=O)c2csc(-c3ccsc3)n2)C1. The number of amides is 2. The first-order valence-electron chi connectivity index (χ1n) is 8.84. The van der Waals surface area contributed by atoms with Crippen molar-refractivity contribution in [2.24, 2.45) is 5.92 Å². The Hall–Kier alpha value is -2.51. The van der Waals surface area contributed by atoms with E-state index < -0.39 is 0 Å². The summed E-state index contributed by atoms with van der Waals surface area (Å²) >= 11 is 3.09. The number of nitrogens with zero attached hydrogens (tertiary/aromatic N) is 2. The molecule has 0 aliphatic carbocycles. The molecule has 0 radical (unpaired) electrons. The van der Waals surface area contributed by atoms with Crippen LogP contribution in [0.3, 0.4) is 0 Å². The Morgan fingerprint density at radius 1 is 1.15 bits per heavy atom. The number of para-hydroxylation sites is 1. The number of nitrogens with one attached hydrogen (secondary N) is 1. The molecule has 1 atom stereocenters. The van der Waals surface area contributed by atoms with E-state index in [1.807, 2.05) is 52.5 Å². The lowest BCUT2D eigenvalue weighted by atomic mass is 9.96. The molecule has 0 bridgehead atoms. The summed E-state index contributed by atoms with van der Waals surface area (Å²) < 4.78 is 0. The minimum Gasteiger partial charge on any atom is -0.336 e. The van der Waals surface area contributed by atoms with Crippen LogP contribution in [0.5, 0.6) is 0 Å². The highest BCUT2D eigenvalue weighted by molar-refractivity contribution is 7.14. The zero-order valence-corrected chi connectivity index (χ0v) is 16.3. The molecule has 5 nitrogen and oxygen atoms in total. The molecule has 1 N–H and O–H groups in total. The van der Waals surface area contributed by atoms with Gasteiger partial charge in [0.05, 0.1) is 5.92 Å². The highest BCUT2D eigenvalue weighted by Gasteiger charge is 2.30. The second kappa shape index (κ2) is 8.02. The van der Waals surface area contributed by atoms with Crippen molar-refractivity contribution in [2.45, 2.75) is 12.8 Å². The van der Waals surface area contributed by atoms with Crippen molar-refractivity contribution in [3.8, 4) is 10.6 Å². The van der Waals surface area contributed by atoms with Gasteiger partial charge in [-0.25, -0.2) is 4.98 Å². The van der Waals surface area contributed by atoms with E-state index in [0.717, 1.165) is 29.1 Å². The van der Waals surface area contributed by atoms with Crippen LogP contribution in [0.25, 0.3) is 10.6 Å². The molecule has 138 valence electrons. The summed E-state index contributed by atoms with van der Waals surface area (Å²) in [5.41, 5.74) is 2.29. The molecule has 0 saturated carbocycles. The Balaban J connectivity index is 1.42. The minimum absolute atomic E-state index is 0.0315. The number of aromatic nitrogens is 1. The van der Waals surface area contributed by atoms with Crippen LogP contribution >= 0.6 is 22.7 Å². The largest absolute Gasteiger partial charge is 0.336 e. The molecule has 27 heavy (non-hydrogen) atoms. The monoisotopic (exact) mass is 397 g/mol. The topological polar surface area (TPSA) is 62.3 Å². The maximum Gasteiger partial charge on any atom is 0.273 e. The van der Waals surface area contributed by atoms with Gasteiger partial charge in [0.1, 0.15) is 10.7 Å². The van der Waals surface area contributed by atoms with Gasteiger partial charge in [-0.3, -0.25) is 9.59 Å². The van der Waals surface area contributed by atoms with E-state index in [9.17, 15) is 9.59 Å². The molecular formula is C20H19N3O2S2. The summed E-state index contributed by atoms with van der Waals surface area (Å²) in [5, 5.41) is 9.63. The minimum atomic E-state index is -0.196. The predicted octanol–water partition coefficient (Wildman–Crippen LogP) is 4.36. The number of hydrogen-bond donors (Lipinski definition) is 1. The normalized spacial score (nSPS) is 16.9. The van der Waals surface area contributed by atoms with Crippen molar-refractivity contribution in [1.29, 1.82) is 0 Å². The lowest BCUT2D eigenvalue weighted by Crippen LogP contribution is -2.43. The number of carbonyl (C=O) groups is 2. The summed E-state index contributed by atoms with van der Waals surface area (Å²) in [6, 6.07) is 11.4. The van der Waals surface area contributed by atoms with Crippen LogP contribution in [0.1, 0.15) is 23.3 Å². The molecule has 1 aliphatic rings. The maximum absolute atomic E-state index is 12.9. The molecule has 1 saturated heterocycles. The fraction of sp³-hybridized carbons (Fsp3) is 0.250. The van der Waals surface area contributed by atoms with Crippen LogP contribution in [0.2, 0.25) is 0 Å². The number of thiazole rings is 1. The molecule has 2 amide bonds. The third-order valence-electron chi connectivity index (χ3n) is 4.61. The van der Waals surface area contributed by atoms with E-state index >= 15 is 0 Å². The molecule has 1 fully saturated rings. The van der Waals surface area contributed by atoms with Crippen LogP contribution in [0, 0.1) is 5.92 Å². The van der Waals surface area contributed by atoms with Crippen LogP contribution in [0.15, 0.2) is 52.5 Å². The van der Waals surface area contributed by atoms with Gasteiger partial charge in [-0.1, -0.05) is 18.2 Å². The molecular weight excluding hydrogens is 378 g/mol. The van der Waals surface area contributed by atoms with Crippen molar-refractivity contribution >= 4 is 40.2 Å². The number of rotatable bonds is 4. The average Bonchev–Trinajstić information content (AvgIpc) is 3.40. The number of hydrogen-bond acceptors (Lipinski definition) is 5. The van der Waals surface area contributed by atoms with Gasteiger partial charge in [0.2, 0.25) is 5.91 Å². The summed E-state index contributed by atoms with van der Waals surface area (Å²) in [6.45, 7) is 1.10. The standard InChI is InChI=1S/C20H19N3O2S2/c24-18(21-16-6-2-1-3-7-16)14-5-4-9-23(11-14)20(25)17-13-27-19(22-17)15-8-10-26-12-15/h1-3,6-8,10,12-14H,4-5,9,11H2,(H,21,24). The molecule has 1 aromatic carbocycles. The molecule has 1 unspecified atom stereocenters. The molecule has 2 aromatic heterocycles. The number of carbonyl (C=O) groups excluding carboxylic acids is 2. The maximum atomic E-state index is 12.9. The van der Waals surface area contributed by atoms with Crippen molar-refractivity contribution in [2.75, 3.05) is 18.4 Å². The first-order valence-corrected chi connectivity index (χ1v) is 10.7. The average molecular weight is 398 g/mol. The van der Waals surface area contributed by atoms with Crippen molar-refractivity contribution in [3.63, 3.8) is 0 Å². The van der Waals surface area contributed by atoms with Crippen molar-refractivity contribution in [1.82, 2.24) is 9.88 Å². The smallest absolute Gasteiger partial charge is 0.273 e. The van der Waals surface area contributed by atoms with Gasteiger partial charge >= 0.3 is 0 Å². The Labute approximate surface area is 165 Å². The molecule has 4 rings (SSSR count). The van der Waals surface area contributed by atoms with E-state index in [4.69, 9.17) is 0 Å². The zero-order valence-electron chi connectivity index (χ0n) is 14.6. The van der Waals surface area contributed by atoms with Gasteiger partial charge in [-0.05, 0) is 36.4 Å². The molecule has 3 heterocycles. The highest BCUT2D eigenvalue weighted by atomic mass is 32.1. The Kier molecular flexibility index (Phi) is 5.31. The summed E-state index contributed by atoms with van der Waals surface area (Å²) in [4.78, 5) is 31.7. The Bertz CT molecular complexity index is 922. The van der Waals surface area contributed by atoms with Gasteiger partial charge in [0.15, 0.2) is 0 Å². The van der Waals surface area contributed by atoms with E-state index in [1.54, 1.807) is 16.2 Å². The summed E-state index contributed by atoms with van der Waals surface area (Å²) in [5.74, 6) is -0.321. The Morgan fingerprint density at radius 2 is 2.00 bits per heavy atom. The first-order chi connectivity index (χ1) is 13.2. The summed E-state index contributed by atoms with van der Waals surface area (Å²) in [6.07, 6.45) is 1.61. The zero-order chi connectivity index (χ0) is 18.6. The second-order valence-electron chi connectivity index (χ2n) is 6.50. The molecule has 7 heteroatoms. The van der Waals surface area contributed by atoms with Gasteiger partial charge < -0.3 is 10.2 Å². The highest BCUT2D eigenvalue weighted by Crippen LogP contribution is 2.27. The Morgan fingerprint density at radius 3 is 2.78 bits per heavy atom. The molecule has 1 aliphatic heterocycles. The second-order valence-corrected chi connectivity index (χ2v) is 8.13. The number of likely N-dealkylation sites (tertiary alicyclic amines) is 1. The lowest BCUT2D eigenvalue weighted by Gasteiger charge is -2.31. The number of benzene rings is 1. The van der Waals surface area contributed by atoms with E-state index in [1.165, 1.54) is 11.3 Å². The lowest BCUT2D eigenvalue weighted by molar-refractivity contribution is -0.121. The van der Waals surface area contributed by atoms with Gasteiger partial charge in [-0.15, -0.1) is 11.3 Å². The fourth-order valence-corrected chi connectivity index (χ4v) is 4.70. The van der Waals surface area contributed by atoms with E-state index in [2.05, 4.69) is 10.3 Å². The van der Waals surface area contributed by atoms with Gasteiger partial charge in [0, 0.05) is 35.1 Å². The van der Waals surface area contributed by atoms with Crippen LogP contribution < -0.4 is 5.32 Å². The van der Waals surface area contributed by atoms with Gasteiger partial charge in [0.25, 0.3) is 5.91 Å². The van der Waals surface area contributed by atoms with E-state index in [-0.39, 0.29) is 17.7 Å². The number of thiophene rings is 1. The predicted molar refractivity (Wildman–Crippen MR) is 109 cm³/mol. The van der Waals surface area contributed by atoms with Crippen LogP contribution in [-0.4, -0.2) is 34.8 Å². The van der Waals surface area contributed by atoms with Crippen molar-refractivity contribution < 1.29 is 9.59 Å². The molecule has 0 spiro atoms. The third kappa shape index (κ3) is 4.09. The number of anilines is 1. The quantitative estimate of drug-likeness (QED) is 0.711. The first kappa shape index (κ1) is 17.9. The fourth-order valence-electron chi connectivity index (χ4n) is 3.19. The third-order valence-corrected chi connectivity index (χ3v) is 6.19. The van der Waals surface area contributed by atoms with E-state index in [0.29, 0.717) is 18.8 Å². The molecule has 3 aromatic rings. The van der Waals surface area contributed by atoms with Gasteiger partial charge in [-0.2, -0.15) is 11.3 Å². The van der Waals surface area contributed by atoms with Crippen LogP contribution in [-0.2, 0) is 4.79 Å².